The highest BCUT2D eigenvalue weighted by molar-refractivity contribution is 5.75. The van der Waals surface area contributed by atoms with Gasteiger partial charge >= 0.3 is 0 Å². The number of hydrogen-bond donors (Lipinski definition) is 0. The molecule has 0 spiro atoms. The van der Waals surface area contributed by atoms with Gasteiger partial charge in [-0.1, -0.05) is 36.4 Å². The maximum absolute atomic E-state index is 8.73. The summed E-state index contributed by atoms with van der Waals surface area (Å²) in [5.74, 6) is 0. The first-order chi connectivity index (χ1) is 9.17. The second kappa shape index (κ2) is 7.53. The number of nitriles is 2. The standard InChI is InChI=1S/C16H15N3/c1-19(2)11-10-16(9-8-14(12-17)13-18)15-6-4-3-5-7-15/h3-11H,1-2H3/b11-10-,16-9-. The molecule has 19 heavy (non-hydrogen) atoms. The lowest BCUT2D eigenvalue weighted by molar-refractivity contribution is 0.564. The predicted molar refractivity (Wildman–Crippen MR) is 76.6 cm³/mol. The zero-order chi connectivity index (χ0) is 14.1. The van der Waals surface area contributed by atoms with Crippen LogP contribution in [-0.4, -0.2) is 19.0 Å². The van der Waals surface area contributed by atoms with E-state index in [-0.39, 0.29) is 5.57 Å². The molecule has 0 radical (unpaired) electrons. The van der Waals surface area contributed by atoms with Gasteiger partial charge in [-0.2, -0.15) is 10.5 Å². The van der Waals surface area contributed by atoms with Gasteiger partial charge in [0, 0.05) is 14.1 Å². The van der Waals surface area contributed by atoms with Gasteiger partial charge in [0.25, 0.3) is 0 Å². The number of benzene rings is 1. The van der Waals surface area contributed by atoms with Gasteiger partial charge in [-0.3, -0.25) is 0 Å². The Balaban J connectivity index is 3.15. The molecule has 0 aliphatic rings. The molecule has 3 heteroatoms. The van der Waals surface area contributed by atoms with Crippen molar-refractivity contribution < 1.29 is 0 Å². The van der Waals surface area contributed by atoms with E-state index in [1.807, 2.05) is 73.7 Å². The van der Waals surface area contributed by atoms with E-state index in [0.29, 0.717) is 0 Å². The second-order valence-electron chi connectivity index (χ2n) is 4.07. The molecule has 1 rings (SSSR count). The van der Waals surface area contributed by atoms with Gasteiger partial charge in [0.1, 0.15) is 17.7 Å². The first-order valence-corrected chi connectivity index (χ1v) is 5.79. The molecule has 0 amide bonds. The average molecular weight is 249 g/mol. The molecular formula is C16H15N3. The van der Waals surface area contributed by atoms with E-state index < -0.39 is 0 Å². The summed E-state index contributed by atoms with van der Waals surface area (Å²) in [6, 6.07) is 13.5. The van der Waals surface area contributed by atoms with E-state index in [4.69, 9.17) is 10.5 Å². The Morgan fingerprint density at radius 1 is 1.05 bits per heavy atom. The molecule has 0 fully saturated rings. The second-order valence-corrected chi connectivity index (χ2v) is 4.07. The smallest absolute Gasteiger partial charge is 0.129 e. The molecule has 94 valence electrons. The average Bonchev–Trinajstić information content (AvgIpc) is 2.43. The van der Waals surface area contributed by atoms with Crippen molar-refractivity contribution in [2.24, 2.45) is 0 Å². The molecule has 0 atom stereocenters. The minimum atomic E-state index is 0.0895. The molecule has 0 unspecified atom stereocenters. The highest BCUT2D eigenvalue weighted by atomic mass is 15.0. The molecule has 1 aromatic carbocycles. The highest BCUT2D eigenvalue weighted by Gasteiger charge is 1.97. The predicted octanol–water partition coefficient (Wildman–Crippen LogP) is 3.12. The largest absolute Gasteiger partial charge is 0.383 e. The van der Waals surface area contributed by atoms with Crippen molar-refractivity contribution >= 4 is 5.57 Å². The van der Waals surface area contributed by atoms with Crippen LogP contribution in [0.25, 0.3) is 5.57 Å². The third-order valence-electron chi connectivity index (χ3n) is 2.33. The van der Waals surface area contributed by atoms with Gasteiger partial charge in [0.2, 0.25) is 0 Å². The van der Waals surface area contributed by atoms with E-state index in [1.165, 1.54) is 6.08 Å². The SMILES string of the molecule is CN(C)/C=C\C(=C\C=C(C#N)C#N)c1ccccc1. The number of hydrogen-bond acceptors (Lipinski definition) is 3. The fraction of sp³-hybridized carbons (Fsp3) is 0.125. The summed E-state index contributed by atoms with van der Waals surface area (Å²) in [6.07, 6.45) is 7.17. The van der Waals surface area contributed by atoms with Crippen LogP contribution >= 0.6 is 0 Å². The topological polar surface area (TPSA) is 50.8 Å². The molecular weight excluding hydrogens is 234 g/mol. The van der Waals surface area contributed by atoms with Crippen LogP contribution in [0.5, 0.6) is 0 Å². The van der Waals surface area contributed by atoms with Crippen LogP contribution in [0, 0.1) is 22.7 Å². The Hall–Kier alpha value is -2.78. The van der Waals surface area contributed by atoms with Gasteiger partial charge in [0.15, 0.2) is 0 Å². The van der Waals surface area contributed by atoms with Crippen molar-refractivity contribution in [3.63, 3.8) is 0 Å². The number of allylic oxidation sites excluding steroid dienone is 5. The lowest BCUT2D eigenvalue weighted by Gasteiger charge is -2.06. The van der Waals surface area contributed by atoms with Crippen molar-refractivity contribution in [2.45, 2.75) is 0 Å². The normalized spacial score (nSPS) is 10.6. The van der Waals surface area contributed by atoms with Crippen molar-refractivity contribution in [3.05, 3.63) is 65.9 Å². The molecule has 3 nitrogen and oxygen atoms in total. The van der Waals surface area contributed by atoms with Crippen LogP contribution in [0.4, 0.5) is 0 Å². The minimum absolute atomic E-state index is 0.0895. The summed E-state index contributed by atoms with van der Waals surface area (Å²) in [6.45, 7) is 0. The first kappa shape index (κ1) is 14.3. The summed E-state index contributed by atoms with van der Waals surface area (Å²) in [4.78, 5) is 1.93. The Morgan fingerprint density at radius 2 is 1.68 bits per heavy atom. The molecule has 0 bridgehead atoms. The van der Waals surface area contributed by atoms with E-state index in [2.05, 4.69) is 0 Å². The molecule has 0 aliphatic heterocycles. The van der Waals surface area contributed by atoms with Gasteiger partial charge in [-0.15, -0.1) is 0 Å². The van der Waals surface area contributed by atoms with Gasteiger partial charge in [0.05, 0.1) is 0 Å². The Bertz CT molecular complexity index is 563. The third kappa shape index (κ3) is 4.93. The molecule has 0 saturated carbocycles. The lowest BCUT2D eigenvalue weighted by Crippen LogP contribution is -2.00. The molecule has 0 heterocycles. The summed E-state index contributed by atoms with van der Waals surface area (Å²) in [5, 5.41) is 17.5. The molecule has 1 aromatic rings. The number of nitrogens with zero attached hydrogens (tertiary/aromatic N) is 3. The number of rotatable bonds is 4. The zero-order valence-electron chi connectivity index (χ0n) is 11.0. The van der Waals surface area contributed by atoms with Gasteiger partial charge in [-0.25, -0.2) is 0 Å². The molecule has 0 aliphatic carbocycles. The van der Waals surface area contributed by atoms with Gasteiger partial charge < -0.3 is 4.90 Å². The monoisotopic (exact) mass is 249 g/mol. The van der Waals surface area contributed by atoms with Crippen LogP contribution in [0.2, 0.25) is 0 Å². The Morgan fingerprint density at radius 3 is 2.21 bits per heavy atom. The molecule has 0 N–H and O–H groups in total. The summed E-state index contributed by atoms with van der Waals surface area (Å²) < 4.78 is 0. The molecule has 0 aromatic heterocycles. The summed E-state index contributed by atoms with van der Waals surface area (Å²) in [5.41, 5.74) is 2.07. The van der Waals surface area contributed by atoms with Crippen molar-refractivity contribution in [3.8, 4) is 12.1 Å². The van der Waals surface area contributed by atoms with Crippen LogP contribution in [0.3, 0.4) is 0 Å². The van der Waals surface area contributed by atoms with Crippen molar-refractivity contribution in [1.29, 1.82) is 10.5 Å². The van der Waals surface area contributed by atoms with E-state index >= 15 is 0 Å². The van der Waals surface area contributed by atoms with E-state index in [0.717, 1.165) is 11.1 Å². The minimum Gasteiger partial charge on any atom is -0.383 e. The third-order valence-corrected chi connectivity index (χ3v) is 2.33. The van der Waals surface area contributed by atoms with Crippen molar-refractivity contribution in [2.75, 3.05) is 14.1 Å². The first-order valence-electron chi connectivity index (χ1n) is 5.79. The fourth-order valence-electron chi connectivity index (χ4n) is 1.38. The van der Waals surface area contributed by atoms with E-state index in [1.54, 1.807) is 6.08 Å². The summed E-state index contributed by atoms with van der Waals surface area (Å²) in [7, 11) is 3.87. The summed E-state index contributed by atoms with van der Waals surface area (Å²) >= 11 is 0. The van der Waals surface area contributed by atoms with Crippen LogP contribution in [0.15, 0.2) is 60.3 Å². The Kier molecular flexibility index (Phi) is 5.66. The highest BCUT2D eigenvalue weighted by Crippen LogP contribution is 2.16. The maximum atomic E-state index is 8.73. The quantitative estimate of drug-likeness (QED) is 0.608. The van der Waals surface area contributed by atoms with Gasteiger partial charge in [-0.05, 0) is 29.5 Å². The van der Waals surface area contributed by atoms with Crippen LogP contribution in [-0.2, 0) is 0 Å². The maximum Gasteiger partial charge on any atom is 0.129 e. The van der Waals surface area contributed by atoms with Crippen molar-refractivity contribution in [1.82, 2.24) is 4.90 Å². The van der Waals surface area contributed by atoms with Crippen LogP contribution < -0.4 is 0 Å². The molecule has 0 saturated heterocycles. The van der Waals surface area contributed by atoms with E-state index in [9.17, 15) is 0 Å². The Labute approximate surface area is 114 Å². The van der Waals surface area contributed by atoms with Crippen LogP contribution in [0.1, 0.15) is 5.56 Å². The zero-order valence-corrected chi connectivity index (χ0v) is 11.0. The lowest BCUT2D eigenvalue weighted by atomic mass is 10.0. The fourth-order valence-corrected chi connectivity index (χ4v) is 1.38.